The van der Waals surface area contributed by atoms with Gasteiger partial charge in [0.25, 0.3) is 0 Å². The maximum Gasteiger partial charge on any atom is 0.145 e. The van der Waals surface area contributed by atoms with Gasteiger partial charge in [-0.05, 0) is 43.2 Å². The molecule has 0 unspecified atom stereocenters. The summed E-state index contributed by atoms with van der Waals surface area (Å²) >= 11 is 7.77. The highest BCUT2D eigenvalue weighted by Gasteiger charge is 2.27. The monoisotopic (exact) mass is 419 g/mol. The Morgan fingerprint density at radius 2 is 1.76 bits per heavy atom. The Balaban J connectivity index is 1.73. The Morgan fingerprint density at radius 3 is 2.52 bits per heavy atom. The topological polar surface area (TPSA) is 56.5 Å². The highest BCUT2D eigenvalue weighted by molar-refractivity contribution is 7.11. The molecule has 0 amide bonds. The third-order valence-corrected chi connectivity index (χ3v) is 6.22. The molecule has 0 radical (unpaired) electrons. The molecule has 4 aromatic rings. The number of hydrogen-bond acceptors (Lipinski definition) is 5. The summed E-state index contributed by atoms with van der Waals surface area (Å²) in [4.78, 5) is 0. The van der Waals surface area contributed by atoms with Gasteiger partial charge in [0.1, 0.15) is 21.7 Å². The molecule has 5 nitrogen and oxygen atoms in total. The number of hydrogen-bond donors (Lipinski definition) is 0. The van der Waals surface area contributed by atoms with Gasteiger partial charge in [-0.25, -0.2) is 0 Å². The van der Waals surface area contributed by atoms with Gasteiger partial charge in [0.2, 0.25) is 0 Å². The van der Waals surface area contributed by atoms with Crippen LogP contribution < -0.4 is 0 Å². The Labute approximate surface area is 177 Å². The lowest BCUT2D eigenvalue weighted by Crippen LogP contribution is -2.08. The van der Waals surface area contributed by atoms with Gasteiger partial charge in [-0.15, -0.1) is 31.7 Å². The minimum Gasteiger partial charge on any atom is -0.282 e. The fourth-order valence-electron chi connectivity index (χ4n) is 3.82. The highest BCUT2D eigenvalue weighted by Crippen LogP contribution is 2.38. The molecule has 144 valence electrons. The first-order valence-corrected chi connectivity index (χ1v) is 10.6. The van der Waals surface area contributed by atoms with E-state index in [1.165, 1.54) is 0 Å². The SMILES string of the molecule is Cc1nnc(C[C@@H]2C=C(c3ccc(Cl)cc3)c3ccccc3-n3c(C)nnc32)s1. The van der Waals surface area contributed by atoms with E-state index in [1.54, 1.807) is 11.3 Å². The molecular weight excluding hydrogens is 402 g/mol. The van der Waals surface area contributed by atoms with Crippen molar-refractivity contribution in [3.05, 3.63) is 92.4 Å². The molecule has 0 saturated carbocycles. The number of fused-ring (bicyclic) bond motifs is 3. The van der Waals surface area contributed by atoms with Crippen molar-refractivity contribution in [3.63, 3.8) is 0 Å². The first kappa shape index (κ1) is 18.2. The summed E-state index contributed by atoms with van der Waals surface area (Å²) in [5.74, 6) is 1.82. The molecule has 2 aromatic heterocycles. The second-order valence-electron chi connectivity index (χ2n) is 7.07. The van der Waals surface area contributed by atoms with Crippen LogP contribution in [0.5, 0.6) is 0 Å². The quantitative estimate of drug-likeness (QED) is 0.460. The summed E-state index contributed by atoms with van der Waals surface area (Å²) in [5.41, 5.74) is 4.52. The fraction of sp³-hybridized carbons (Fsp3) is 0.182. The molecule has 0 aliphatic carbocycles. The predicted octanol–water partition coefficient (Wildman–Crippen LogP) is 5.16. The van der Waals surface area contributed by atoms with Crippen molar-refractivity contribution >= 4 is 28.5 Å². The van der Waals surface area contributed by atoms with E-state index < -0.39 is 0 Å². The molecule has 7 heteroatoms. The van der Waals surface area contributed by atoms with Crippen LogP contribution in [0.4, 0.5) is 0 Å². The first-order valence-electron chi connectivity index (χ1n) is 9.38. The van der Waals surface area contributed by atoms with Crippen molar-refractivity contribution in [1.29, 1.82) is 0 Å². The van der Waals surface area contributed by atoms with Crippen LogP contribution in [-0.2, 0) is 6.42 Å². The largest absolute Gasteiger partial charge is 0.282 e. The van der Waals surface area contributed by atoms with Gasteiger partial charge in [0.05, 0.1) is 5.69 Å². The summed E-state index contributed by atoms with van der Waals surface area (Å²) in [7, 11) is 0. The third-order valence-electron chi connectivity index (χ3n) is 5.10. The average molecular weight is 420 g/mol. The highest BCUT2D eigenvalue weighted by atomic mass is 35.5. The minimum atomic E-state index is 0.0293. The summed E-state index contributed by atoms with van der Waals surface area (Å²) in [6.45, 7) is 3.97. The van der Waals surface area contributed by atoms with Gasteiger partial charge < -0.3 is 0 Å². The minimum absolute atomic E-state index is 0.0293. The van der Waals surface area contributed by atoms with Crippen LogP contribution in [0.25, 0.3) is 11.3 Å². The molecule has 0 fully saturated rings. The molecular formula is C22H18ClN5S. The molecule has 0 N–H and O–H groups in total. The number of benzene rings is 2. The Bertz CT molecular complexity index is 1220. The molecule has 0 bridgehead atoms. The molecule has 0 saturated heterocycles. The Hall–Kier alpha value is -2.83. The first-order chi connectivity index (χ1) is 14.1. The summed E-state index contributed by atoms with van der Waals surface area (Å²) in [6, 6.07) is 16.4. The number of halogens is 1. The van der Waals surface area contributed by atoms with Gasteiger partial charge in [0, 0.05) is 22.9 Å². The van der Waals surface area contributed by atoms with Crippen LogP contribution >= 0.6 is 22.9 Å². The number of para-hydroxylation sites is 1. The number of aryl methyl sites for hydroxylation is 2. The fourth-order valence-corrected chi connectivity index (χ4v) is 4.71. The molecule has 29 heavy (non-hydrogen) atoms. The van der Waals surface area contributed by atoms with Crippen molar-refractivity contribution in [2.45, 2.75) is 26.2 Å². The van der Waals surface area contributed by atoms with Crippen molar-refractivity contribution in [2.75, 3.05) is 0 Å². The van der Waals surface area contributed by atoms with Crippen LogP contribution in [-0.4, -0.2) is 25.0 Å². The lowest BCUT2D eigenvalue weighted by molar-refractivity contribution is 0.728. The number of allylic oxidation sites excluding steroid dienone is 1. The molecule has 1 aliphatic heterocycles. The lowest BCUT2D eigenvalue weighted by Gasteiger charge is -2.13. The zero-order valence-electron chi connectivity index (χ0n) is 16.0. The van der Waals surface area contributed by atoms with Gasteiger partial charge >= 0.3 is 0 Å². The molecule has 5 rings (SSSR count). The predicted molar refractivity (Wildman–Crippen MR) is 116 cm³/mol. The number of nitrogens with zero attached hydrogens (tertiary/aromatic N) is 5. The van der Waals surface area contributed by atoms with E-state index in [4.69, 9.17) is 11.6 Å². The van der Waals surface area contributed by atoms with Crippen molar-refractivity contribution < 1.29 is 0 Å². The van der Waals surface area contributed by atoms with Gasteiger partial charge in [-0.1, -0.05) is 48.0 Å². The second-order valence-corrected chi connectivity index (χ2v) is 8.77. The standard InChI is InChI=1S/C22H18ClN5S/c1-13-24-27-22-16(12-21-26-25-14(2)29-21)11-19(15-7-9-17(23)10-8-15)18-5-3-4-6-20(18)28(13)22/h3-11,16H,12H2,1-2H3/t16-/m0/s1. The molecule has 0 spiro atoms. The molecule has 3 heterocycles. The van der Waals surface area contributed by atoms with E-state index in [0.29, 0.717) is 0 Å². The van der Waals surface area contributed by atoms with E-state index in [0.717, 1.165) is 55.5 Å². The smallest absolute Gasteiger partial charge is 0.145 e. The zero-order valence-corrected chi connectivity index (χ0v) is 17.6. The lowest BCUT2D eigenvalue weighted by atomic mass is 9.93. The van der Waals surface area contributed by atoms with E-state index in [9.17, 15) is 0 Å². The van der Waals surface area contributed by atoms with Gasteiger partial charge in [0.15, 0.2) is 0 Å². The van der Waals surface area contributed by atoms with E-state index in [1.807, 2.05) is 26.0 Å². The van der Waals surface area contributed by atoms with Gasteiger partial charge in [-0.2, -0.15) is 0 Å². The number of aromatic nitrogens is 5. The Kier molecular flexibility index (Phi) is 4.53. The van der Waals surface area contributed by atoms with Crippen molar-refractivity contribution in [2.24, 2.45) is 0 Å². The second kappa shape index (κ2) is 7.21. The summed E-state index contributed by atoms with van der Waals surface area (Å²) in [6.07, 6.45) is 3.01. The third kappa shape index (κ3) is 3.28. The summed E-state index contributed by atoms with van der Waals surface area (Å²) < 4.78 is 2.16. The maximum atomic E-state index is 6.14. The normalized spacial score (nSPS) is 15.4. The van der Waals surface area contributed by atoms with Crippen LogP contribution in [0, 0.1) is 13.8 Å². The molecule has 1 aliphatic rings. The molecule has 2 aromatic carbocycles. The van der Waals surface area contributed by atoms with Crippen LogP contribution in [0.2, 0.25) is 5.02 Å². The number of rotatable bonds is 3. The zero-order chi connectivity index (χ0) is 20.0. The van der Waals surface area contributed by atoms with E-state index in [-0.39, 0.29) is 5.92 Å². The van der Waals surface area contributed by atoms with Gasteiger partial charge in [-0.3, -0.25) is 4.57 Å². The summed E-state index contributed by atoms with van der Waals surface area (Å²) in [5, 5.41) is 20.1. The molecule has 1 atom stereocenters. The van der Waals surface area contributed by atoms with E-state index >= 15 is 0 Å². The van der Waals surface area contributed by atoms with Crippen molar-refractivity contribution in [3.8, 4) is 5.69 Å². The van der Waals surface area contributed by atoms with Crippen LogP contribution in [0.3, 0.4) is 0 Å². The Morgan fingerprint density at radius 1 is 0.966 bits per heavy atom. The van der Waals surface area contributed by atoms with Crippen LogP contribution in [0.15, 0.2) is 54.6 Å². The van der Waals surface area contributed by atoms with Crippen LogP contribution in [0.1, 0.15) is 38.7 Å². The van der Waals surface area contributed by atoms with Crippen molar-refractivity contribution in [1.82, 2.24) is 25.0 Å². The maximum absolute atomic E-state index is 6.14. The van der Waals surface area contributed by atoms with E-state index in [2.05, 4.69) is 67.4 Å². The average Bonchev–Trinajstić information content (AvgIpc) is 3.27.